The van der Waals surface area contributed by atoms with E-state index in [0.29, 0.717) is 13.2 Å². The van der Waals surface area contributed by atoms with E-state index in [9.17, 15) is 4.79 Å². The minimum absolute atomic E-state index is 0.0153. The number of benzene rings is 2. The zero-order chi connectivity index (χ0) is 20.8. The van der Waals surface area contributed by atoms with Crippen LogP contribution in [-0.2, 0) is 24.4 Å². The van der Waals surface area contributed by atoms with Gasteiger partial charge in [0, 0.05) is 54.6 Å². The lowest BCUT2D eigenvalue weighted by Crippen LogP contribution is -2.47. The number of anilines is 1. The van der Waals surface area contributed by atoms with Crippen LogP contribution in [0, 0.1) is 0 Å². The molecule has 0 saturated carbocycles. The molecule has 2 aromatic heterocycles. The van der Waals surface area contributed by atoms with Crippen LogP contribution in [0.3, 0.4) is 0 Å². The van der Waals surface area contributed by atoms with E-state index in [2.05, 4.69) is 51.2 Å². The fraction of sp³-hybridized carbons (Fsp3) is 0.333. The largest absolute Gasteiger partial charge is 0.372 e. The quantitative estimate of drug-likeness (QED) is 0.535. The van der Waals surface area contributed by atoms with Gasteiger partial charge in [-0.05, 0) is 53.3 Å². The Balaban J connectivity index is 1.12. The van der Waals surface area contributed by atoms with Crippen LogP contribution in [0.5, 0.6) is 0 Å². The molecule has 1 saturated heterocycles. The second-order valence-electron chi connectivity index (χ2n) is 8.36. The van der Waals surface area contributed by atoms with Gasteiger partial charge in [0.05, 0.1) is 17.9 Å². The van der Waals surface area contributed by atoms with E-state index < -0.39 is 0 Å². The van der Waals surface area contributed by atoms with Crippen LogP contribution in [0.25, 0.3) is 21.0 Å². The monoisotopic (exact) mass is 432 g/mol. The third-order valence-electron chi connectivity index (χ3n) is 6.54. The van der Waals surface area contributed by atoms with Crippen LogP contribution >= 0.6 is 11.5 Å². The Morgan fingerprint density at radius 2 is 1.84 bits per heavy atom. The highest BCUT2D eigenvalue weighted by Crippen LogP contribution is 2.30. The molecule has 7 heteroatoms. The number of hydrogen-bond donors (Lipinski definition) is 1. The number of rotatable bonds is 4. The van der Waals surface area contributed by atoms with Gasteiger partial charge in [0.2, 0.25) is 0 Å². The van der Waals surface area contributed by atoms with Crippen LogP contribution < -0.4 is 10.5 Å². The molecule has 0 bridgehead atoms. The zero-order valence-corrected chi connectivity index (χ0v) is 18.1. The summed E-state index contributed by atoms with van der Waals surface area (Å²) in [4.78, 5) is 20.1. The summed E-state index contributed by atoms with van der Waals surface area (Å²) in [6, 6.07) is 14.9. The highest BCUT2D eigenvalue weighted by molar-refractivity contribution is 7.13. The second kappa shape index (κ2) is 7.75. The number of H-pyrrole nitrogens is 1. The van der Waals surface area contributed by atoms with Crippen molar-refractivity contribution in [3.05, 3.63) is 69.5 Å². The maximum Gasteiger partial charge on any atom is 0.254 e. The summed E-state index contributed by atoms with van der Waals surface area (Å²) in [5.74, 6) is 1.14. The topological polar surface area (TPSA) is 61.5 Å². The molecule has 4 heterocycles. The van der Waals surface area contributed by atoms with E-state index in [-0.39, 0.29) is 5.56 Å². The third kappa shape index (κ3) is 3.43. The number of ether oxygens (including phenoxy) is 1. The molecule has 0 aliphatic carbocycles. The number of aromatic amines is 1. The standard InChI is InChI=1S/C24H24N4O2S/c29-24-20-15-30-14-19(20)18-13-16(5-6-21(18)25-24)7-8-27-9-11-28(12-10-27)23-17-3-1-2-4-22(17)31-26-23/h1-6,13H,7-12,14-15H2,(H,25,29). The molecular weight excluding hydrogens is 408 g/mol. The molecule has 6 rings (SSSR count). The highest BCUT2D eigenvalue weighted by Gasteiger charge is 2.21. The van der Waals surface area contributed by atoms with Crippen molar-refractivity contribution in [2.45, 2.75) is 19.6 Å². The summed E-state index contributed by atoms with van der Waals surface area (Å²) in [6.45, 7) is 6.12. The van der Waals surface area contributed by atoms with Gasteiger partial charge in [-0.3, -0.25) is 9.69 Å². The van der Waals surface area contributed by atoms with Gasteiger partial charge in [-0.2, -0.15) is 4.37 Å². The normalized spacial score (nSPS) is 17.0. The lowest BCUT2D eigenvalue weighted by atomic mass is 10.0. The summed E-state index contributed by atoms with van der Waals surface area (Å²) in [6.07, 6.45) is 1.00. The molecule has 0 amide bonds. The number of piperazine rings is 1. The average Bonchev–Trinajstić information content (AvgIpc) is 3.47. The first-order valence-corrected chi connectivity index (χ1v) is 11.6. The number of fused-ring (bicyclic) bond motifs is 4. The number of hydrogen-bond acceptors (Lipinski definition) is 6. The summed E-state index contributed by atoms with van der Waals surface area (Å²) < 4.78 is 11.5. The first kappa shape index (κ1) is 19.0. The van der Waals surface area contributed by atoms with E-state index in [0.717, 1.165) is 67.0 Å². The summed E-state index contributed by atoms with van der Waals surface area (Å²) in [5.41, 5.74) is 4.04. The molecule has 0 spiro atoms. The molecule has 158 valence electrons. The molecule has 0 radical (unpaired) electrons. The van der Waals surface area contributed by atoms with Crippen molar-refractivity contribution in [2.75, 3.05) is 37.6 Å². The minimum Gasteiger partial charge on any atom is -0.372 e. The Morgan fingerprint density at radius 3 is 2.74 bits per heavy atom. The molecule has 2 aliphatic rings. The molecule has 0 atom stereocenters. The predicted molar refractivity (Wildman–Crippen MR) is 125 cm³/mol. The van der Waals surface area contributed by atoms with Gasteiger partial charge in [0.15, 0.2) is 0 Å². The van der Waals surface area contributed by atoms with E-state index >= 15 is 0 Å². The zero-order valence-electron chi connectivity index (χ0n) is 17.3. The van der Waals surface area contributed by atoms with Crippen molar-refractivity contribution in [3.8, 4) is 0 Å². The van der Waals surface area contributed by atoms with Crippen molar-refractivity contribution in [1.82, 2.24) is 14.3 Å². The van der Waals surface area contributed by atoms with Crippen molar-refractivity contribution in [3.63, 3.8) is 0 Å². The maximum atomic E-state index is 12.2. The molecule has 2 aromatic carbocycles. The number of nitrogens with one attached hydrogen (secondary N) is 1. The van der Waals surface area contributed by atoms with Crippen molar-refractivity contribution in [1.29, 1.82) is 0 Å². The minimum atomic E-state index is -0.0153. The first-order valence-electron chi connectivity index (χ1n) is 10.8. The molecule has 1 fully saturated rings. The Labute approximate surface area is 184 Å². The molecule has 4 aromatic rings. The summed E-state index contributed by atoms with van der Waals surface area (Å²) in [7, 11) is 0. The van der Waals surface area contributed by atoms with E-state index in [1.54, 1.807) is 11.5 Å². The Bertz CT molecular complexity index is 1320. The smallest absolute Gasteiger partial charge is 0.254 e. The number of aromatic nitrogens is 2. The van der Waals surface area contributed by atoms with Gasteiger partial charge in [0.25, 0.3) is 5.56 Å². The highest BCUT2D eigenvalue weighted by atomic mass is 32.1. The Hall–Kier alpha value is -2.74. The van der Waals surface area contributed by atoms with Crippen LogP contribution in [-0.4, -0.2) is 47.0 Å². The van der Waals surface area contributed by atoms with Gasteiger partial charge in [-0.15, -0.1) is 0 Å². The molecule has 2 aliphatic heterocycles. The Morgan fingerprint density at radius 1 is 1.00 bits per heavy atom. The molecule has 0 unspecified atom stereocenters. The lowest BCUT2D eigenvalue weighted by molar-refractivity contribution is 0.134. The van der Waals surface area contributed by atoms with Crippen molar-refractivity contribution < 1.29 is 4.74 Å². The van der Waals surface area contributed by atoms with E-state index in [4.69, 9.17) is 9.11 Å². The van der Waals surface area contributed by atoms with Crippen LogP contribution in [0.15, 0.2) is 47.3 Å². The number of pyridine rings is 1. The van der Waals surface area contributed by atoms with E-state index in [1.165, 1.54) is 15.6 Å². The lowest BCUT2D eigenvalue weighted by Gasteiger charge is -2.35. The Kier molecular flexibility index (Phi) is 4.74. The molecular formula is C24H24N4O2S. The second-order valence-corrected chi connectivity index (χ2v) is 9.17. The summed E-state index contributed by atoms with van der Waals surface area (Å²) >= 11 is 1.59. The SMILES string of the molecule is O=c1[nH]c2ccc(CCN3CCN(c4nsc5ccccc45)CC3)cc2c2c1COC2. The molecule has 6 nitrogen and oxygen atoms in total. The molecule has 31 heavy (non-hydrogen) atoms. The van der Waals surface area contributed by atoms with Crippen molar-refractivity contribution in [2.24, 2.45) is 0 Å². The fourth-order valence-corrected chi connectivity index (χ4v) is 5.54. The first-order chi connectivity index (χ1) is 15.3. The number of nitrogens with zero attached hydrogens (tertiary/aromatic N) is 3. The maximum absolute atomic E-state index is 12.2. The van der Waals surface area contributed by atoms with Gasteiger partial charge in [0.1, 0.15) is 5.82 Å². The van der Waals surface area contributed by atoms with Crippen LogP contribution in [0.4, 0.5) is 5.82 Å². The van der Waals surface area contributed by atoms with Gasteiger partial charge in [-0.1, -0.05) is 18.2 Å². The van der Waals surface area contributed by atoms with Crippen molar-refractivity contribution >= 4 is 38.3 Å². The van der Waals surface area contributed by atoms with E-state index in [1.807, 2.05) is 6.07 Å². The fourth-order valence-electron chi connectivity index (χ4n) is 4.75. The van der Waals surface area contributed by atoms with Crippen LogP contribution in [0.1, 0.15) is 16.7 Å². The van der Waals surface area contributed by atoms with Crippen LogP contribution in [0.2, 0.25) is 0 Å². The average molecular weight is 433 g/mol. The predicted octanol–water partition coefficient (Wildman–Crippen LogP) is 3.53. The third-order valence-corrected chi connectivity index (χ3v) is 7.35. The van der Waals surface area contributed by atoms with Gasteiger partial charge in [-0.25, -0.2) is 0 Å². The van der Waals surface area contributed by atoms with Gasteiger partial charge >= 0.3 is 0 Å². The molecule has 1 N–H and O–H groups in total. The summed E-state index contributed by atoms with van der Waals surface area (Å²) in [5, 5.41) is 2.40. The van der Waals surface area contributed by atoms with Gasteiger partial charge < -0.3 is 14.6 Å².